The predicted molar refractivity (Wildman–Crippen MR) is 139 cm³/mol. The molecule has 2 aromatic rings. The SMILES string of the molecule is CCOC(=O)c1ccc(N2C(=O)c3cc(N(C)C)ccc3[P@@]2(=S)N(C)C2CCCCC2)cc1. The maximum Gasteiger partial charge on any atom is 0.338 e. The fraction of sp³-hybridized carbons (Fsp3) is 0.440. The number of esters is 1. The molecule has 0 N–H and O–H groups in total. The Kier molecular flexibility index (Phi) is 6.94. The van der Waals surface area contributed by atoms with Crippen molar-refractivity contribution in [3.05, 3.63) is 53.6 Å². The molecule has 0 unspecified atom stereocenters. The van der Waals surface area contributed by atoms with Gasteiger partial charge in [0, 0.05) is 31.1 Å². The fourth-order valence-corrected chi connectivity index (χ4v) is 9.22. The maximum absolute atomic E-state index is 13.8. The van der Waals surface area contributed by atoms with Gasteiger partial charge < -0.3 is 9.64 Å². The summed E-state index contributed by atoms with van der Waals surface area (Å²) in [5.74, 6) is -0.432. The third kappa shape index (κ3) is 4.23. The van der Waals surface area contributed by atoms with Crippen molar-refractivity contribution in [1.29, 1.82) is 0 Å². The zero-order valence-corrected chi connectivity index (χ0v) is 21.5. The average Bonchev–Trinajstić information content (AvgIpc) is 3.06. The number of benzene rings is 2. The molecular weight excluding hydrogens is 453 g/mol. The zero-order chi connectivity index (χ0) is 23.8. The largest absolute Gasteiger partial charge is 0.462 e. The Bertz CT molecular complexity index is 1100. The van der Waals surface area contributed by atoms with Gasteiger partial charge in [-0.2, -0.15) is 0 Å². The van der Waals surface area contributed by atoms with Gasteiger partial charge in [0.2, 0.25) is 0 Å². The van der Waals surface area contributed by atoms with Crippen LogP contribution in [0.1, 0.15) is 59.7 Å². The molecule has 1 saturated carbocycles. The number of carbonyl (C=O) groups excluding carboxylic acids is 2. The first-order valence-electron chi connectivity index (χ1n) is 11.6. The zero-order valence-electron chi connectivity index (χ0n) is 19.8. The van der Waals surface area contributed by atoms with E-state index in [2.05, 4.69) is 23.9 Å². The minimum Gasteiger partial charge on any atom is -0.462 e. The number of amides is 1. The molecule has 4 rings (SSSR count). The number of rotatable bonds is 6. The Labute approximate surface area is 201 Å². The van der Waals surface area contributed by atoms with Crippen LogP contribution in [-0.4, -0.2) is 50.3 Å². The molecule has 1 atom stereocenters. The molecule has 1 aliphatic carbocycles. The summed E-state index contributed by atoms with van der Waals surface area (Å²) in [5, 5.41) is 0.954. The quantitative estimate of drug-likeness (QED) is 0.433. The third-order valence-electron chi connectivity index (χ3n) is 6.66. The first kappa shape index (κ1) is 23.9. The summed E-state index contributed by atoms with van der Waals surface area (Å²) in [6.07, 6.45) is 3.25. The van der Waals surface area contributed by atoms with E-state index >= 15 is 0 Å². The van der Waals surface area contributed by atoms with Crippen LogP contribution >= 0.6 is 6.34 Å². The van der Waals surface area contributed by atoms with Gasteiger partial charge in [-0.05, 0) is 69.3 Å². The van der Waals surface area contributed by atoms with E-state index < -0.39 is 6.34 Å². The molecule has 1 aliphatic heterocycles. The lowest BCUT2D eigenvalue weighted by atomic mass is 9.96. The molecule has 2 aliphatic rings. The maximum atomic E-state index is 13.8. The highest BCUT2D eigenvalue weighted by molar-refractivity contribution is 8.18. The van der Waals surface area contributed by atoms with E-state index in [9.17, 15) is 9.59 Å². The molecule has 1 fully saturated rings. The van der Waals surface area contributed by atoms with E-state index in [1.165, 1.54) is 19.3 Å². The van der Waals surface area contributed by atoms with Gasteiger partial charge in [-0.1, -0.05) is 31.1 Å². The minimum absolute atomic E-state index is 0.0661. The van der Waals surface area contributed by atoms with Gasteiger partial charge in [0.15, 0.2) is 0 Å². The standard InChI is InChI=1S/C25H32N3O3PS/c1-5-31-25(30)18-11-13-20(14-12-18)28-24(29)22-17-21(26(2)3)15-16-23(22)32(28,33)27(4)19-9-7-6-8-10-19/h11-17,19H,5-10H2,1-4H3/t32-/m1/s1. The number of nitrogens with zero attached hydrogens (tertiary/aromatic N) is 3. The van der Waals surface area contributed by atoms with Crippen molar-refractivity contribution in [3.8, 4) is 0 Å². The van der Waals surface area contributed by atoms with Crippen LogP contribution < -0.4 is 14.9 Å². The fourth-order valence-electron chi connectivity index (χ4n) is 4.79. The molecule has 0 bridgehead atoms. The number of hydrogen-bond donors (Lipinski definition) is 0. The average molecular weight is 486 g/mol. The normalized spacial score (nSPS) is 20.8. The highest BCUT2D eigenvalue weighted by atomic mass is 32.4. The summed E-state index contributed by atoms with van der Waals surface area (Å²) in [4.78, 5) is 28.0. The Morgan fingerprint density at radius 3 is 2.36 bits per heavy atom. The van der Waals surface area contributed by atoms with Crippen molar-refractivity contribution >= 4 is 46.7 Å². The molecule has 0 saturated heterocycles. The molecule has 0 spiro atoms. The van der Waals surface area contributed by atoms with Gasteiger partial charge in [-0.3, -0.25) is 14.1 Å². The molecule has 176 valence electrons. The number of ether oxygens (including phenoxy) is 1. The van der Waals surface area contributed by atoms with E-state index in [0.29, 0.717) is 23.8 Å². The Balaban J connectivity index is 1.80. The second-order valence-electron chi connectivity index (χ2n) is 8.89. The minimum atomic E-state index is -2.59. The lowest BCUT2D eigenvalue weighted by Gasteiger charge is -2.42. The van der Waals surface area contributed by atoms with Gasteiger partial charge in [-0.25, -0.2) is 4.79 Å². The number of fused-ring (bicyclic) bond motifs is 1. The van der Waals surface area contributed by atoms with E-state index in [1.54, 1.807) is 19.1 Å². The molecule has 0 aromatic heterocycles. The van der Waals surface area contributed by atoms with Crippen molar-refractivity contribution in [2.24, 2.45) is 0 Å². The van der Waals surface area contributed by atoms with Crippen molar-refractivity contribution in [2.75, 3.05) is 37.3 Å². The van der Waals surface area contributed by atoms with Crippen LogP contribution in [0.15, 0.2) is 42.5 Å². The summed E-state index contributed by atoms with van der Waals surface area (Å²) in [6, 6.07) is 13.5. The van der Waals surface area contributed by atoms with Gasteiger partial charge in [0.1, 0.15) is 6.34 Å². The van der Waals surface area contributed by atoms with E-state index in [1.807, 2.05) is 41.9 Å². The molecule has 2 aromatic carbocycles. The van der Waals surface area contributed by atoms with E-state index in [-0.39, 0.29) is 11.9 Å². The topological polar surface area (TPSA) is 53.1 Å². The third-order valence-corrected chi connectivity index (χ3v) is 11.7. The van der Waals surface area contributed by atoms with Crippen LogP contribution in [0.25, 0.3) is 0 Å². The van der Waals surface area contributed by atoms with Crippen molar-refractivity contribution in [3.63, 3.8) is 0 Å². The highest BCUT2D eigenvalue weighted by Gasteiger charge is 2.47. The van der Waals surface area contributed by atoms with Gasteiger partial charge in [0.25, 0.3) is 5.91 Å². The van der Waals surface area contributed by atoms with Crippen molar-refractivity contribution < 1.29 is 14.3 Å². The van der Waals surface area contributed by atoms with E-state index in [0.717, 1.165) is 29.5 Å². The molecule has 1 heterocycles. The Morgan fingerprint density at radius 1 is 1.09 bits per heavy atom. The van der Waals surface area contributed by atoms with Gasteiger partial charge in [-0.15, -0.1) is 0 Å². The Hall–Kier alpha value is -2.21. The van der Waals surface area contributed by atoms with Crippen LogP contribution in [0.5, 0.6) is 0 Å². The summed E-state index contributed by atoms with van der Waals surface area (Å²) in [6.45, 7) is 2.10. The predicted octanol–water partition coefficient (Wildman–Crippen LogP) is 4.79. The van der Waals surface area contributed by atoms with E-state index in [4.69, 9.17) is 16.5 Å². The molecule has 6 nitrogen and oxygen atoms in total. The second-order valence-corrected chi connectivity index (χ2v) is 13.0. The first-order chi connectivity index (χ1) is 15.8. The number of carbonyl (C=O) groups is 2. The smallest absolute Gasteiger partial charge is 0.338 e. The van der Waals surface area contributed by atoms with Crippen LogP contribution in [0.3, 0.4) is 0 Å². The lowest BCUT2D eigenvalue weighted by Crippen LogP contribution is -2.38. The lowest BCUT2D eigenvalue weighted by molar-refractivity contribution is 0.0526. The van der Waals surface area contributed by atoms with Crippen LogP contribution in [0.4, 0.5) is 11.4 Å². The summed E-state index contributed by atoms with van der Waals surface area (Å²) < 4.78 is 9.26. The molecule has 1 amide bonds. The highest BCUT2D eigenvalue weighted by Crippen LogP contribution is 2.60. The monoisotopic (exact) mass is 485 g/mol. The molecule has 33 heavy (non-hydrogen) atoms. The van der Waals surface area contributed by atoms with Crippen molar-refractivity contribution in [2.45, 2.75) is 45.1 Å². The van der Waals surface area contributed by atoms with Gasteiger partial charge >= 0.3 is 5.97 Å². The molecular formula is C25H32N3O3PS. The second kappa shape index (κ2) is 9.57. The summed E-state index contributed by atoms with van der Waals surface area (Å²) in [7, 11) is 6.04. The summed E-state index contributed by atoms with van der Waals surface area (Å²) >= 11 is 6.48. The first-order valence-corrected chi connectivity index (χ1v) is 14.3. The summed E-state index contributed by atoms with van der Waals surface area (Å²) in [5.41, 5.74) is 2.85. The number of anilines is 2. The van der Waals surface area contributed by atoms with Gasteiger partial charge in [0.05, 0.1) is 23.4 Å². The van der Waals surface area contributed by atoms with Crippen LogP contribution in [-0.2, 0) is 16.5 Å². The van der Waals surface area contributed by atoms with Crippen LogP contribution in [0, 0.1) is 0 Å². The molecule has 0 radical (unpaired) electrons. The number of hydrogen-bond acceptors (Lipinski definition) is 5. The van der Waals surface area contributed by atoms with Crippen LogP contribution in [0.2, 0.25) is 0 Å². The molecule has 8 heteroatoms. The Morgan fingerprint density at radius 2 is 1.76 bits per heavy atom. The van der Waals surface area contributed by atoms with Crippen molar-refractivity contribution in [1.82, 2.24) is 4.67 Å².